The molecule has 100 valence electrons. The summed E-state index contributed by atoms with van der Waals surface area (Å²) in [7, 11) is 0. The van der Waals surface area contributed by atoms with Crippen molar-refractivity contribution in [1.82, 2.24) is 10.6 Å². The van der Waals surface area contributed by atoms with Crippen LogP contribution in [0.5, 0.6) is 0 Å². The normalized spacial score (nSPS) is 24.6. The molecule has 4 heteroatoms. The molecule has 2 fully saturated rings. The molecular formula is C13H25ClN2O. The van der Waals surface area contributed by atoms with E-state index in [1.165, 1.54) is 32.1 Å². The highest BCUT2D eigenvalue weighted by Gasteiger charge is 2.18. The molecule has 0 radical (unpaired) electrons. The van der Waals surface area contributed by atoms with Crippen LogP contribution in [-0.4, -0.2) is 25.5 Å². The van der Waals surface area contributed by atoms with Crippen LogP contribution >= 0.6 is 12.4 Å². The van der Waals surface area contributed by atoms with Crippen LogP contribution in [0.25, 0.3) is 0 Å². The van der Waals surface area contributed by atoms with Crippen molar-refractivity contribution in [3.63, 3.8) is 0 Å². The number of carbonyl (C=O) groups is 1. The third kappa shape index (κ3) is 5.26. The van der Waals surface area contributed by atoms with Gasteiger partial charge in [-0.15, -0.1) is 12.4 Å². The highest BCUT2D eigenvalue weighted by Crippen LogP contribution is 2.26. The molecule has 0 aromatic carbocycles. The zero-order chi connectivity index (χ0) is 11.2. The second-order valence-corrected chi connectivity index (χ2v) is 5.35. The lowest BCUT2D eigenvalue weighted by Crippen LogP contribution is -2.28. The molecular weight excluding hydrogens is 236 g/mol. The molecule has 1 aliphatic heterocycles. The molecule has 17 heavy (non-hydrogen) atoms. The zero-order valence-corrected chi connectivity index (χ0v) is 11.4. The second-order valence-electron chi connectivity index (χ2n) is 5.35. The van der Waals surface area contributed by atoms with Gasteiger partial charge in [-0.2, -0.15) is 0 Å². The smallest absolute Gasteiger partial charge is 0.220 e. The molecule has 1 amide bonds. The van der Waals surface area contributed by atoms with Crippen LogP contribution in [-0.2, 0) is 4.79 Å². The van der Waals surface area contributed by atoms with Gasteiger partial charge in [-0.05, 0) is 37.8 Å². The third-order valence-corrected chi connectivity index (χ3v) is 3.99. The molecule has 0 aromatic rings. The molecule has 1 aliphatic carbocycles. The first-order valence-corrected chi connectivity index (χ1v) is 6.82. The molecule has 2 rings (SSSR count). The lowest BCUT2D eigenvalue weighted by Gasteiger charge is -2.11. The van der Waals surface area contributed by atoms with Gasteiger partial charge in [-0.3, -0.25) is 4.79 Å². The van der Waals surface area contributed by atoms with Crippen LogP contribution in [0.4, 0.5) is 0 Å². The van der Waals surface area contributed by atoms with Crippen molar-refractivity contribution in [2.75, 3.05) is 19.6 Å². The first kappa shape index (κ1) is 14.8. The van der Waals surface area contributed by atoms with Crippen LogP contribution in [0.2, 0.25) is 0 Å². The number of carbonyl (C=O) groups excluding carboxylic acids is 1. The SMILES string of the molecule is Cl.O=C(CC1CCNC1)NCCC1CCCC1. The van der Waals surface area contributed by atoms with Crippen LogP contribution in [0, 0.1) is 11.8 Å². The fourth-order valence-electron chi connectivity index (χ4n) is 2.94. The summed E-state index contributed by atoms with van der Waals surface area (Å²) in [6.45, 7) is 3.00. The minimum Gasteiger partial charge on any atom is -0.356 e. The van der Waals surface area contributed by atoms with E-state index < -0.39 is 0 Å². The standard InChI is InChI=1S/C13H24N2O.ClH/c16-13(9-12-5-7-14-10-12)15-8-6-11-3-1-2-4-11;/h11-12,14H,1-10H2,(H,15,16);1H. The van der Waals surface area contributed by atoms with E-state index in [9.17, 15) is 4.79 Å². The number of amides is 1. The maximum Gasteiger partial charge on any atom is 0.220 e. The molecule has 1 atom stereocenters. The van der Waals surface area contributed by atoms with Crippen molar-refractivity contribution in [3.05, 3.63) is 0 Å². The van der Waals surface area contributed by atoms with Gasteiger partial charge in [0.1, 0.15) is 0 Å². The number of rotatable bonds is 5. The topological polar surface area (TPSA) is 41.1 Å². The lowest BCUT2D eigenvalue weighted by molar-refractivity contribution is -0.121. The molecule has 0 spiro atoms. The van der Waals surface area contributed by atoms with E-state index in [2.05, 4.69) is 10.6 Å². The monoisotopic (exact) mass is 260 g/mol. The van der Waals surface area contributed by atoms with E-state index in [-0.39, 0.29) is 18.3 Å². The third-order valence-electron chi connectivity index (χ3n) is 3.99. The van der Waals surface area contributed by atoms with Crippen molar-refractivity contribution < 1.29 is 4.79 Å². The molecule has 1 saturated heterocycles. The minimum atomic E-state index is 0. The van der Waals surface area contributed by atoms with Crippen molar-refractivity contribution in [1.29, 1.82) is 0 Å². The summed E-state index contributed by atoms with van der Waals surface area (Å²) in [5, 5.41) is 6.37. The summed E-state index contributed by atoms with van der Waals surface area (Å²) >= 11 is 0. The van der Waals surface area contributed by atoms with E-state index >= 15 is 0 Å². The first-order chi connectivity index (χ1) is 7.84. The Kier molecular flexibility index (Phi) is 6.90. The highest BCUT2D eigenvalue weighted by molar-refractivity contribution is 5.85. The zero-order valence-electron chi connectivity index (χ0n) is 10.5. The van der Waals surface area contributed by atoms with E-state index in [4.69, 9.17) is 0 Å². The summed E-state index contributed by atoms with van der Waals surface area (Å²) < 4.78 is 0. The van der Waals surface area contributed by atoms with Crippen molar-refractivity contribution in [2.24, 2.45) is 11.8 Å². The van der Waals surface area contributed by atoms with Crippen molar-refractivity contribution in [3.8, 4) is 0 Å². The maximum absolute atomic E-state index is 11.6. The van der Waals surface area contributed by atoms with E-state index in [0.29, 0.717) is 5.92 Å². The Labute approximate surface area is 111 Å². The van der Waals surface area contributed by atoms with Gasteiger partial charge in [0.15, 0.2) is 0 Å². The predicted octanol–water partition coefficient (Wildman–Crippen LogP) is 2.10. The van der Waals surface area contributed by atoms with Gasteiger partial charge in [-0.1, -0.05) is 25.7 Å². The molecule has 2 aliphatic rings. The van der Waals surface area contributed by atoms with Crippen LogP contribution in [0.15, 0.2) is 0 Å². The molecule has 1 unspecified atom stereocenters. The number of hydrogen-bond acceptors (Lipinski definition) is 2. The Hall–Kier alpha value is -0.280. The fraction of sp³-hybridized carbons (Fsp3) is 0.923. The van der Waals surface area contributed by atoms with Gasteiger partial charge in [0.2, 0.25) is 5.91 Å². The summed E-state index contributed by atoms with van der Waals surface area (Å²) in [6, 6.07) is 0. The maximum atomic E-state index is 11.6. The van der Waals surface area contributed by atoms with Gasteiger partial charge in [0.25, 0.3) is 0 Å². The van der Waals surface area contributed by atoms with Crippen LogP contribution < -0.4 is 10.6 Å². The molecule has 1 heterocycles. The fourth-order valence-corrected chi connectivity index (χ4v) is 2.94. The summed E-state index contributed by atoms with van der Waals surface area (Å²) in [4.78, 5) is 11.6. The van der Waals surface area contributed by atoms with Gasteiger partial charge >= 0.3 is 0 Å². The van der Waals surface area contributed by atoms with E-state index in [1.54, 1.807) is 0 Å². The average molecular weight is 261 g/mol. The Balaban J connectivity index is 0.00000144. The molecule has 0 bridgehead atoms. The van der Waals surface area contributed by atoms with Gasteiger partial charge in [0, 0.05) is 13.0 Å². The van der Waals surface area contributed by atoms with Crippen LogP contribution in [0.1, 0.15) is 44.9 Å². The number of nitrogens with one attached hydrogen (secondary N) is 2. The van der Waals surface area contributed by atoms with E-state index in [0.717, 1.165) is 38.4 Å². The molecule has 1 saturated carbocycles. The van der Waals surface area contributed by atoms with Gasteiger partial charge in [-0.25, -0.2) is 0 Å². The quantitative estimate of drug-likeness (QED) is 0.795. The molecule has 0 aromatic heterocycles. The number of halogens is 1. The van der Waals surface area contributed by atoms with Crippen molar-refractivity contribution >= 4 is 18.3 Å². The van der Waals surface area contributed by atoms with Crippen molar-refractivity contribution in [2.45, 2.75) is 44.9 Å². The molecule has 2 N–H and O–H groups in total. The van der Waals surface area contributed by atoms with Crippen LogP contribution in [0.3, 0.4) is 0 Å². The summed E-state index contributed by atoms with van der Waals surface area (Å²) in [6.07, 6.45) is 8.62. The highest BCUT2D eigenvalue weighted by atomic mass is 35.5. The van der Waals surface area contributed by atoms with E-state index in [1.807, 2.05) is 0 Å². The summed E-state index contributed by atoms with van der Waals surface area (Å²) in [5.74, 6) is 1.71. The lowest BCUT2D eigenvalue weighted by atomic mass is 10.0. The Morgan fingerprint density at radius 3 is 2.59 bits per heavy atom. The Morgan fingerprint density at radius 1 is 1.18 bits per heavy atom. The summed E-state index contributed by atoms with van der Waals surface area (Å²) in [5.41, 5.74) is 0. The molecule has 3 nitrogen and oxygen atoms in total. The minimum absolute atomic E-state index is 0. The van der Waals surface area contributed by atoms with Gasteiger partial charge < -0.3 is 10.6 Å². The van der Waals surface area contributed by atoms with Gasteiger partial charge in [0.05, 0.1) is 0 Å². The second kappa shape index (κ2) is 7.93. The predicted molar refractivity (Wildman–Crippen MR) is 72.4 cm³/mol. The number of hydrogen-bond donors (Lipinski definition) is 2. The average Bonchev–Trinajstić information content (AvgIpc) is 2.90. The largest absolute Gasteiger partial charge is 0.356 e. The Morgan fingerprint density at radius 2 is 1.94 bits per heavy atom. The first-order valence-electron chi connectivity index (χ1n) is 6.82. The Bertz CT molecular complexity index is 223.